The molecule has 0 heterocycles. The third-order valence-electron chi connectivity index (χ3n) is 2.95. The van der Waals surface area contributed by atoms with Gasteiger partial charge in [-0.3, -0.25) is 0 Å². The minimum atomic E-state index is 1.20. The molecule has 0 amide bonds. The summed E-state index contributed by atoms with van der Waals surface area (Å²) in [6.07, 6.45) is 0. The normalized spacial score (nSPS) is 10.2. The summed E-state index contributed by atoms with van der Waals surface area (Å²) in [5.74, 6) is 0. The highest BCUT2D eigenvalue weighted by molar-refractivity contribution is 5.72. The Morgan fingerprint density at radius 3 is 2.00 bits per heavy atom. The van der Waals surface area contributed by atoms with Gasteiger partial charge in [-0.05, 0) is 46.5 Å². The molecule has 18 heavy (non-hydrogen) atoms. The summed E-state index contributed by atoms with van der Waals surface area (Å²) < 4.78 is 0. The molecule has 0 aromatic heterocycles. The van der Waals surface area contributed by atoms with Crippen molar-refractivity contribution < 1.29 is 0 Å². The Labute approximate surface area is 108 Å². The van der Waals surface area contributed by atoms with Crippen LogP contribution in [0.5, 0.6) is 0 Å². The second-order valence-electron chi connectivity index (χ2n) is 4.16. The maximum atomic E-state index is 3.11. The molecule has 0 bridgehead atoms. The van der Waals surface area contributed by atoms with Gasteiger partial charge in [0.1, 0.15) is 0 Å². The summed E-state index contributed by atoms with van der Waals surface area (Å²) in [5.41, 5.74) is 4.86. The van der Waals surface area contributed by atoms with Gasteiger partial charge in [0.05, 0.1) is 0 Å². The summed E-state index contributed by atoms with van der Waals surface area (Å²) in [7, 11) is 0. The monoisotopic (exact) mass is 228 g/mol. The lowest BCUT2D eigenvalue weighted by Gasteiger charge is -2.05. The predicted octanol–water partition coefficient (Wildman–Crippen LogP) is 4.62. The molecule has 0 saturated heterocycles. The summed E-state index contributed by atoms with van der Waals surface area (Å²) in [6, 6.07) is 30.8. The Hall–Kier alpha value is -2.34. The largest absolute Gasteiger partial charge is 0.0610 e. The van der Waals surface area contributed by atoms with E-state index in [1.807, 2.05) is 30.3 Å². The average molecular weight is 228 g/mol. The fourth-order valence-corrected chi connectivity index (χ4v) is 2.03. The fourth-order valence-electron chi connectivity index (χ4n) is 2.03. The molecule has 3 rings (SSSR count). The first-order valence-corrected chi connectivity index (χ1v) is 5.96. The van der Waals surface area contributed by atoms with E-state index in [1.165, 1.54) is 22.3 Å². The zero-order valence-corrected chi connectivity index (χ0v) is 9.93. The van der Waals surface area contributed by atoms with E-state index < -0.39 is 0 Å². The van der Waals surface area contributed by atoms with Crippen LogP contribution >= 0.6 is 0 Å². The van der Waals surface area contributed by atoms with Gasteiger partial charge in [-0.15, -0.1) is 0 Å². The molecule has 0 saturated carbocycles. The van der Waals surface area contributed by atoms with Gasteiger partial charge in [0.2, 0.25) is 0 Å². The molecular weight excluding hydrogens is 216 g/mol. The van der Waals surface area contributed by atoms with Gasteiger partial charge in [0.15, 0.2) is 0 Å². The van der Waals surface area contributed by atoms with E-state index >= 15 is 0 Å². The Balaban J connectivity index is 2.05. The molecule has 3 aromatic carbocycles. The summed E-state index contributed by atoms with van der Waals surface area (Å²) in [5, 5.41) is 0. The van der Waals surface area contributed by atoms with Crippen LogP contribution in [0.15, 0.2) is 72.8 Å². The highest BCUT2D eigenvalue weighted by Gasteiger charge is 2.00. The van der Waals surface area contributed by atoms with Crippen molar-refractivity contribution in [2.45, 2.75) is 0 Å². The molecular formula is C18H12. The molecule has 0 nitrogen and oxygen atoms in total. The van der Waals surface area contributed by atoms with Crippen molar-refractivity contribution in [1.82, 2.24) is 0 Å². The number of hydrogen-bond donors (Lipinski definition) is 0. The molecule has 0 aliphatic heterocycles. The van der Waals surface area contributed by atoms with Crippen molar-refractivity contribution in [1.29, 1.82) is 0 Å². The van der Waals surface area contributed by atoms with E-state index in [2.05, 4.69) is 54.6 Å². The molecule has 0 aliphatic rings. The molecule has 0 atom stereocenters. The van der Waals surface area contributed by atoms with Crippen LogP contribution in [0.3, 0.4) is 0 Å². The third kappa shape index (κ3) is 2.18. The van der Waals surface area contributed by atoms with Crippen molar-refractivity contribution in [2.75, 3.05) is 0 Å². The lowest BCUT2D eigenvalue weighted by molar-refractivity contribution is 1.58. The van der Waals surface area contributed by atoms with Crippen molar-refractivity contribution in [3.05, 3.63) is 84.9 Å². The first kappa shape index (κ1) is 10.8. The molecule has 0 fully saturated rings. The Morgan fingerprint density at radius 1 is 0.556 bits per heavy atom. The fraction of sp³-hybridized carbons (Fsp3) is 0. The van der Waals surface area contributed by atoms with Gasteiger partial charge < -0.3 is 0 Å². The number of rotatable bonds is 2. The third-order valence-corrected chi connectivity index (χ3v) is 2.95. The van der Waals surface area contributed by atoms with Crippen LogP contribution in [0.25, 0.3) is 22.3 Å². The molecule has 0 spiro atoms. The first-order valence-electron chi connectivity index (χ1n) is 5.96. The zero-order valence-electron chi connectivity index (χ0n) is 9.93. The van der Waals surface area contributed by atoms with Gasteiger partial charge in [-0.1, -0.05) is 60.7 Å². The van der Waals surface area contributed by atoms with Gasteiger partial charge in [0, 0.05) is 0 Å². The molecule has 0 unspecified atom stereocenters. The Morgan fingerprint density at radius 2 is 1.28 bits per heavy atom. The quantitative estimate of drug-likeness (QED) is 0.600. The second kappa shape index (κ2) is 4.89. The maximum Gasteiger partial charge on any atom is -0.0178 e. The first-order chi connectivity index (χ1) is 8.93. The topological polar surface area (TPSA) is 0 Å². The minimum Gasteiger partial charge on any atom is -0.0610 e. The highest BCUT2D eigenvalue weighted by Crippen LogP contribution is 2.25. The SMILES string of the molecule is [c]1ccc(-c2cccc(-c3c[c]ccc3)c2)cc1. The summed E-state index contributed by atoms with van der Waals surface area (Å²) in [6.45, 7) is 0. The van der Waals surface area contributed by atoms with E-state index in [1.54, 1.807) is 0 Å². The van der Waals surface area contributed by atoms with Crippen molar-refractivity contribution >= 4 is 0 Å². The number of hydrogen-bond acceptors (Lipinski definition) is 0. The van der Waals surface area contributed by atoms with Crippen LogP contribution in [0.2, 0.25) is 0 Å². The van der Waals surface area contributed by atoms with Gasteiger partial charge in [-0.2, -0.15) is 0 Å². The van der Waals surface area contributed by atoms with E-state index in [9.17, 15) is 0 Å². The molecule has 0 aliphatic carbocycles. The molecule has 3 aromatic rings. The van der Waals surface area contributed by atoms with Gasteiger partial charge >= 0.3 is 0 Å². The van der Waals surface area contributed by atoms with Crippen LogP contribution < -0.4 is 0 Å². The lowest BCUT2D eigenvalue weighted by atomic mass is 9.99. The predicted molar refractivity (Wildman–Crippen MR) is 75.0 cm³/mol. The van der Waals surface area contributed by atoms with Gasteiger partial charge in [-0.25, -0.2) is 0 Å². The van der Waals surface area contributed by atoms with Crippen LogP contribution in [0.1, 0.15) is 0 Å². The van der Waals surface area contributed by atoms with Crippen molar-refractivity contribution in [2.24, 2.45) is 0 Å². The molecule has 0 N–H and O–H groups in total. The van der Waals surface area contributed by atoms with E-state index in [-0.39, 0.29) is 0 Å². The second-order valence-corrected chi connectivity index (χ2v) is 4.16. The Bertz CT molecular complexity index is 570. The molecule has 2 radical (unpaired) electrons. The Kier molecular flexibility index (Phi) is 2.93. The van der Waals surface area contributed by atoms with Gasteiger partial charge in [0.25, 0.3) is 0 Å². The van der Waals surface area contributed by atoms with E-state index in [4.69, 9.17) is 0 Å². The minimum absolute atomic E-state index is 1.20. The number of benzene rings is 3. The molecule has 84 valence electrons. The zero-order chi connectivity index (χ0) is 12.2. The summed E-state index contributed by atoms with van der Waals surface area (Å²) >= 11 is 0. The van der Waals surface area contributed by atoms with Crippen LogP contribution in [-0.2, 0) is 0 Å². The standard InChI is InChI=1S/C18H12/c1-3-8-15(9-4-1)17-12-7-13-18(14-17)16-10-5-2-6-11-16/h1,3,5-14H. The maximum absolute atomic E-state index is 3.11. The lowest BCUT2D eigenvalue weighted by Crippen LogP contribution is -1.80. The van der Waals surface area contributed by atoms with E-state index in [0.717, 1.165) is 0 Å². The molecule has 0 heteroatoms. The van der Waals surface area contributed by atoms with Crippen molar-refractivity contribution in [3.63, 3.8) is 0 Å². The van der Waals surface area contributed by atoms with E-state index in [0.29, 0.717) is 0 Å². The summed E-state index contributed by atoms with van der Waals surface area (Å²) in [4.78, 5) is 0. The van der Waals surface area contributed by atoms with Crippen LogP contribution in [0.4, 0.5) is 0 Å². The average Bonchev–Trinajstić information content (AvgIpc) is 2.49. The smallest absolute Gasteiger partial charge is 0.0178 e. The highest BCUT2D eigenvalue weighted by atomic mass is 14.0. The van der Waals surface area contributed by atoms with Crippen LogP contribution in [-0.4, -0.2) is 0 Å². The van der Waals surface area contributed by atoms with Crippen molar-refractivity contribution in [3.8, 4) is 22.3 Å². The van der Waals surface area contributed by atoms with Crippen LogP contribution in [0, 0.1) is 12.1 Å².